The van der Waals surface area contributed by atoms with Crippen molar-refractivity contribution in [3.05, 3.63) is 35.6 Å². The molecule has 0 bridgehead atoms. The molecule has 4 heteroatoms. The van der Waals surface area contributed by atoms with Gasteiger partial charge in [0.25, 0.3) is 0 Å². The molecule has 0 aromatic heterocycles. The van der Waals surface area contributed by atoms with Crippen LogP contribution in [-0.2, 0) is 11.3 Å². The Kier molecular flexibility index (Phi) is 3.97. The number of hydrogen-bond acceptors (Lipinski definition) is 2. The maximum atomic E-state index is 12.7. The highest BCUT2D eigenvalue weighted by Crippen LogP contribution is 2.26. The summed E-state index contributed by atoms with van der Waals surface area (Å²) in [7, 11) is 0. The Morgan fingerprint density at radius 3 is 2.44 bits per heavy atom. The molecular weight excluding hydrogens is 231 g/mol. The van der Waals surface area contributed by atoms with E-state index in [0.29, 0.717) is 6.54 Å². The van der Waals surface area contributed by atoms with Crippen LogP contribution in [0.3, 0.4) is 0 Å². The van der Waals surface area contributed by atoms with E-state index in [4.69, 9.17) is 5.73 Å². The summed E-state index contributed by atoms with van der Waals surface area (Å²) in [6.45, 7) is 0.401. The Hall–Kier alpha value is -1.42. The number of rotatable bonds is 3. The number of carbonyl (C=O) groups excluding carboxylic acids is 1. The first-order valence-corrected chi connectivity index (χ1v) is 6.42. The van der Waals surface area contributed by atoms with E-state index in [1.807, 2.05) is 0 Å². The molecule has 1 aliphatic rings. The van der Waals surface area contributed by atoms with Crippen LogP contribution in [0.2, 0.25) is 0 Å². The Morgan fingerprint density at radius 1 is 1.22 bits per heavy atom. The van der Waals surface area contributed by atoms with E-state index in [-0.39, 0.29) is 11.7 Å². The van der Waals surface area contributed by atoms with Crippen LogP contribution in [0.25, 0.3) is 0 Å². The van der Waals surface area contributed by atoms with Gasteiger partial charge in [-0.25, -0.2) is 4.39 Å². The summed E-state index contributed by atoms with van der Waals surface area (Å²) in [6.07, 6.45) is 4.69. The molecule has 1 fully saturated rings. The summed E-state index contributed by atoms with van der Waals surface area (Å²) in [5, 5.41) is 2.84. The van der Waals surface area contributed by atoms with Gasteiger partial charge in [0.2, 0.25) is 5.91 Å². The van der Waals surface area contributed by atoms with Gasteiger partial charge in [-0.15, -0.1) is 0 Å². The quantitative estimate of drug-likeness (QED) is 0.863. The molecule has 1 aromatic carbocycles. The summed E-state index contributed by atoms with van der Waals surface area (Å²) in [5.41, 5.74) is 6.29. The van der Waals surface area contributed by atoms with Gasteiger partial charge in [-0.1, -0.05) is 31.4 Å². The van der Waals surface area contributed by atoms with Crippen molar-refractivity contribution in [3.8, 4) is 0 Å². The van der Waals surface area contributed by atoms with Crippen molar-refractivity contribution in [1.82, 2.24) is 5.32 Å². The molecule has 2 rings (SSSR count). The van der Waals surface area contributed by atoms with Crippen molar-refractivity contribution >= 4 is 5.91 Å². The number of hydrogen-bond donors (Lipinski definition) is 2. The molecule has 98 valence electrons. The van der Waals surface area contributed by atoms with Crippen LogP contribution in [0.4, 0.5) is 4.39 Å². The van der Waals surface area contributed by atoms with E-state index in [2.05, 4.69) is 5.32 Å². The van der Waals surface area contributed by atoms with Gasteiger partial charge >= 0.3 is 0 Å². The van der Waals surface area contributed by atoms with Crippen molar-refractivity contribution in [2.75, 3.05) is 0 Å². The number of halogens is 1. The van der Waals surface area contributed by atoms with Crippen molar-refractivity contribution in [2.45, 2.75) is 44.2 Å². The Labute approximate surface area is 107 Å². The number of nitrogens with two attached hydrogens (primary N) is 1. The maximum absolute atomic E-state index is 12.7. The molecule has 3 N–H and O–H groups in total. The van der Waals surface area contributed by atoms with Crippen LogP contribution in [-0.4, -0.2) is 11.4 Å². The monoisotopic (exact) mass is 250 g/mol. The third-order valence-corrected chi connectivity index (χ3v) is 3.56. The molecule has 0 atom stereocenters. The Balaban J connectivity index is 1.89. The molecule has 0 aliphatic heterocycles. The summed E-state index contributed by atoms with van der Waals surface area (Å²) >= 11 is 0. The second kappa shape index (κ2) is 5.48. The molecule has 1 aliphatic carbocycles. The van der Waals surface area contributed by atoms with E-state index < -0.39 is 5.54 Å². The minimum Gasteiger partial charge on any atom is -0.350 e. The fourth-order valence-corrected chi connectivity index (χ4v) is 2.37. The third-order valence-electron chi connectivity index (χ3n) is 3.56. The average molecular weight is 250 g/mol. The first kappa shape index (κ1) is 13.0. The smallest absolute Gasteiger partial charge is 0.240 e. The van der Waals surface area contributed by atoms with Crippen molar-refractivity contribution in [2.24, 2.45) is 5.73 Å². The van der Waals surface area contributed by atoms with Crippen LogP contribution < -0.4 is 11.1 Å². The fourth-order valence-electron chi connectivity index (χ4n) is 2.37. The largest absolute Gasteiger partial charge is 0.350 e. The molecule has 0 spiro atoms. The van der Waals surface area contributed by atoms with Gasteiger partial charge in [0.15, 0.2) is 0 Å². The minimum absolute atomic E-state index is 0.0912. The van der Waals surface area contributed by atoms with Crippen molar-refractivity contribution < 1.29 is 9.18 Å². The number of amides is 1. The SMILES string of the molecule is NC1(C(=O)NCc2ccc(F)cc2)CCCCC1. The Morgan fingerprint density at radius 2 is 1.83 bits per heavy atom. The van der Waals surface area contributed by atoms with Crippen LogP contribution in [0, 0.1) is 5.82 Å². The van der Waals surface area contributed by atoms with Gasteiger partial charge in [0, 0.05) is 6.54 Å². The predicted molar refractivity (Wildman–Crippen MR) is 68.3 cm³/mol. The second-order valence-corrected chi connectivity index (χ2v) is 5.03. The normalized spacial score (nSPS) is 18.3. The molecule has 0 heterocycles. The van der Waals surface area contributed by atoms with Crippen molar-refractivity contribution in [3.63, 3.8) is 0 Å². The molecule has 1 saturated carbocycles. The second-order valence-electron chi connectivity index (χ2n) is 5.03. The third kappa shape index (κ3) is 3.07. The van der Waals surface area contributed by atoms with E-state index >= 15 is 0 Å². The molecule has 18 heavy (non-hydrogen) atoms. The van der Waals surface area contributed by atoms with Gasteiger partial charge in [-0.3, -0.25) is 4.79 Å². The summed E-state index contributed by atoms with van der Waals surface area (Å²) < 4.78 is 12.7. The van der Waals surface area contributed by atoms with E-state index in [9.17, 15) is 9.18 Å². The van der Waals surface area contributed by atoms with Gasteiger partial charge in [-0.05, 0) is 30.5 Å². The summed E-state index contributed by atoms with van der Waals surface area (Å²) in [4.78, 5) is 12.0. The van der Waals surface area contributed by atoms with Gasteiger partial charge < -0.3 is 11.1 Å². The number of benzene rings is 1. The Bertz CT molecular complexity index is 410. The topological polar surface area (TPSA) is 55.1 Å². The highest BCUT2D eigenvalue weighted by Gasteiger charge is 2.34. The average Bonchev–Trinajstić information content (AvgIpc) is 2.38. The molecule has 1 amide bonds. The zero-order valence-electron chi connectivity index (χ0n) is 10.4. The van der Waals surface area contributed by atoms with Crippen LogP contribution in [0.1, 0.15) is 37.7 Å². The number of nitrogens with one attached hydrogen (secondary N) is 1. The lowest BCUT2D eigenvalue weighted by Gasteiger charge is -2.31. The van der Waals surface area contributed by atoms with Crippen LogP contribution in [0.5, 0.6) is 0 Å². The fraction of sp³-hybridized carbons (Fsp3) is 0.500. The van der Waals surface area contributed by atoms with E-state index in [1.165, 1.54) is 12.1 Å². The van der Waals surface area contributed by atoms with Gasteiger partial charge in [0.1, 0.15) is 5.82 Å². The van der Waals surface area contributed by atoms with Gasteiger partial charge in [-0.2, -0.15) is 0 Å². The van der Waals surface area contributed by atoms with E-state index in [0.717, 1.165) is 37.7 Å². The lowest BCUT2D eigenvalue weighted by molar-refractivity contribution is -0.127. The lowest BCUT2D eigenvalue weighted by Crippen LogP contribution is -2.54. The van der Waals surface area contributed by atoms with E-state index in [1.54, 1.807) is 12.1 Å². The zero-order valence-corrected chi connectivity index (χ0v) is 10.4. The minimum atomic E-state index is -0.710. The first-order chi connectivity index (χ1) is 8.60. The summed E-state index contributed by atoms with van der Waals surface area (Å²) in [5.74, 6) is -0.362. The molecule has 1 aromatic rings. The number of carbonyl (C=O) groups is 1. The van der Waals surface area contributed by atoms with Crippen LogP contribution >= 0.6 is 0 Å². The highest BCUT2D eigenvalue weighted by atomic mass is 19.1. The molecule has 0 saturated heterocycles. The van der Waals surface area contributed by atoms with Gasteiger partial charge in [0.05, 0.1) is 5.54 Å². The molecular formula is C14H19FN2O. The van der Waals surface area contributed by atoms with Crippen molar-refractivity contribution in [1.29, 1.82) is 0 Å². The maximum Gasteiger partial charge on any atom is 0.240 e. The first-order valence-electron chi connectivity index (χ1n) is 6.42. The predicted octanol–water partition coefficient (Wildman–Crippen LogP) is 2.10. The highest BCUT2D eigenvalue weighted by molar-refractivity contribution is 5.86. The molecule has 0 unspecified atom stereocenters. The summed E-state index contributed by atoms with van der Waals surface area (Å²) in [6, 6.07) is 6.11. The zero-order chi connectivity index (χ0) is 13.0. The standard InChI is InChI=1S/C14H19FN2O/c15-12-6-4-11(5-7-12)10-17-13(18)14(16)8-2-1-3-9-14/h4-7H,1-3,8-10,16H2,(H,17,18). The lowest BCUT2D eigenvalue weighted by atomic mass is 9.82. The molecule has 0 radical (unpaired) electrons. The van der Waals surface area contributed by atoms with Crippen LogP contribution in [0.15, 0.2) is 24.3 Å². The molecule has 3 nitrogen and oxygen atoms in total.